The van der Waals surface area contributed by atoms with Crippen molar-refractivity contribution in [2.45, 2.75) is 27.2 Å². The Labute approximate surface area is 121 Å². The molecule has 1 aromatic rings. The first-order chi connectivity index (χ1) is 9.18. The third kappa shape index (κ3) is 7.35. The maximum atomic E-state index is 11.8. The zero-order chi connectivity index (χ0) is 15.2. The summed E-state index contributed by atoms with van der Waals surface area (Å²) in [7, 11) is -3.29. The first kappa shape index (κ1) is 16.8. The molecular weight excluding hydrogens is 276 g/mol. The second-order valence-corrected chi connectivity index (χ2v) is 7.87. The van der Waals surface area contributed by atoms with Crippen LogP contribution < -0.4 is 15.2 Å². The van der Waals surface area contributed by atoms with Crippen LogP contribution in [0.5, 0.6) is 5.75 Å². The minimum atomic E-state index is -3.29. The Bertz CT molecular complexity index is 521. The predicted molar refractivity (Wildman–Crippen MR) is 82.2 cm³/mol. The average Bonchev–Trinajstić information content (AvgIpc) is 2.26. The van der Waals surface area contributed by atoms with E-state index < -0.39 is 10.0 Å². The van der Waals surface area contributed by atoms with Gasteiger partial charge in [-0.25, -0.2) is 13.1 Å². The Hall–Kier alpha value is -1.27. The van der Waals surface area contributed by atoms with E-state index in [4.69, 9.17) is 10.5 Å². The van der Waals surface area contributed by atoms with Crippen molar-refractivity contribution in [3.63, 3.8) is 0 Å². The molecule has 0 aliphatic heterocycles. The van der Waals surface area contributed by atoms with E-state index in [9.17, 15) is 8.42 Å². The van der Waals surface area contributed by atoms with E-state index >= 15 is 0 Å². The number of nitrogens with two attached hydrogens (primary N) is 1. The Morgan fingerprint density at radius 1 is 1.30 bits per heavy atom. The lowest BCUT2D eigenvalue weighted by molar-refractivity contribution is 0.340. The fourth-order valence-corrected chi connectivity index (χ4v) is 2.39. The molecule has 0 saturated heterocycles. The summed E-state index contributed by atoms with van der Waals surface area (Å²) in [5.74, 6) is 0.515. The zero-order valence-corrected chi connectivity index (χ0v) is 13.2. The van der Waals surface area contributed by atoms with Gasteiger partial charge < -0.3 is 10.5 Å². The smallest absolute Gasteiger partial charge is 0.214 e. The Morgan fingerprint density at radius 3 is 2.60 bits per heavy atom. The molecule has 6 heteroatoms. The molecule has 0 aromatic heterocycles. The molecule has 114 valence electrons. The molecule has 1 aromatic carbocycles. The first-order valence-electron chi connectivity index (χ1n) is 6.64. The van der Waals surface area contributed by atoms with Crippen molar-refractivity contribution < 1.29 is 13.2 Å². The monoisotopic (exact) mass is 300 g/mol. The first-order valence-corrected chi connectivity index (χ1v) is 8.29. The quantitative estimate of drug-likeness (QED) is 0.755. The van der Waals surface area contributed by atoms with Gasteiger partial charge in [-0.15, -0.1) is 0 Å². The second kappa shape index (κ2) is 6.95. The molecule has 0 saturated carbocycles. The molecule has 0 atom stereocenters. The van der Waals surface area contributed by atoms with Crippen molar-refractivity contribution >= 4 is 15.7 Å². The van der Waals surface area contributed by atoms with Gasteiger partial charge in [0.15, 0.2) is 0 Å². The van der Waals surface area contributed by atoms with Crippen molar-refractivity contribution in [3.05, 3.63) is 24.3 Å². The summed E-state index contributed by atoms with van der Waals surface area (Å²) in [4.78, 5) is 0. The van der Waals surface area contributed by atoms with Crippen molar-refractivity contribution in [3.8, 4) is 5.75 Å². The zero-order valence-electron chi connectivity index (χ0n) is 12.3. The lowest BCUT2D eigenvalue weighted by atomic mass is 9.93. The molecule has 0 aliphatic carbocycles. The van der Waals surface area contributed by atoms with Crippen molar-refractivity contribution in [2.75, 3.05) is 24.6 Å². The molecule has 0 fully saturated rings. The Balaban J connectivity index is 2.33. The van der Waals surface area contributed by atoms with Gasteiger partial charge in [0.2, 0.25) is 10.0 Å². The molecule has 0 bridgehead atoms. The summed E-state index contributed by atoms with van der Waals surface area (Å²) in [6.45, 7) is 6.77. The van der Waals surface area contributed by atoms with Crippen LogP contribution >= 0.6 is 0 Å². The highest BCUT2D eigenvalue weighted by Crippen LogP contribution is 2.17. The molecule has 20 heavy (non-hydrogen) atoms. The Kier molecular flexibility index (Phi) is 5.83. The second-order valence-electron chi connectivity index (χ2n) is 5.94. The van der Waals surface area contributed by atoms with E-state index in [1.54, 1.807) is 24.3 Å². The minimum absolute atomic E-state index is 0.0635. The standard InChI is InChI=1S/C14H24N2O3S/c1-14(2,3)7-8-16-20(17,18)10-9-19-13-6-4-5-12(15)11-13/h4-6,11,16H,7-10,15H2,1-3H3. The summed E-state index contributed by atoms with van der Waals surface area (Å²) < 4.78 is 31.5. The number of benzene rings is 1. The molecule has 5 nitrogen and oxygen atoms in total. The number of sulfonamides is 1. The van der Waals surface area contributed by atoms with E-state index in [1.165, 1.54) is 0 Å². The summed E-state index contributed by atoms with van der Waals surface area (Å²) >= 11 is 0. The maximum Gasteiger partial charge on any atom is 0.214 e. The van der Waals surface area contributed by atoms with Crippen LogP contribution in [0.2, 0.25) is 0 Å². The highest BCUT2D eigenvalue weighted by Gasteiger charge is 2.14. The van der Waals surface area contributed by atoms with Gasteiger partial charge in [0.05, 0.1) is 5.75 Å². The van der Waals surface area contributed by atoms with Crippen molar-refractivity contribution in [1.82, 2.24) is 4.72 Å². The van der Waals surface area contributed by atoms with E-state index in [0.717, 1.165) is 6.42 Å². The lowest BCUT2D eigenvalue weighted by Crippen LogP contribution is -2.31. The van der Waals surface area contributed by atoms with Gasteiger partial charge in [0.1, 0.15) is 12.4 Å². The predicted octanol–water partition coefficient (Wildman–Crippen LogP) is 2.00. The number of nitrogens with one attached hydrogen (secondary N) is 1. The van der Waals surface area contributed by atoms with E-state index in [-0.39, 0.29) is 17.8 Å². The third-order valence-corrected chi connectivity index (χ3v) is 4.02. The summed E-state index contributed by atoms with van der Waals surface area (Å²) in [6.07, 6.45) is 0.794. The van der Waals surface area contributed by atoms with Crippen LogP contribution in [0.25, 0.3) is 0 Å². The van der Waals surface area contributed by atoms with Crippen LogP contribution in [0.1, 0.15) is 27.2 Å². The third-order valence-electron chi connectivity index (χ3n) is 2.68. The number of hydrogen-bond donors (Lipinski definition) is 2. The van der Waals surface area contributed by atoms with Gasteiger partial charge >= 0.3 is 0 Å². The summed E-state index contributed by atoms with van der Waals surface area (Å²) in [5.41, 5.74) is 6.32. The van der Waals surface area contributed by atoms with Crippen LogP contribution in [-0.4, -0.2) is 27.3 Å². The van der Waals surface area contributed by atoms with Crippen LogP contribution in [0, 0.1) is 5.41 Å². The highest BCUT2D eigenvalue weighted by molar-refractivity contribution is 7.89. The molecule has 0 spiro atoms. The van der Waals surface area contributed by atoms with E-state index in [1.807, 2.05) is 0 Å². The van der Waals surface area contributed by atoms with Gasteiger partial charge in [0, 0.05) is 18.3 Å². The maximum absolute atomic E-state index is 11.8. The normalized spacial score (nSPS) is 12.3. The molecule has 1 rings (SSSR count). The molecule has 0 aliphatic rings. The molecule has 0 unspecified atom stereocenters. The van der Waals surface area contributed by atoms with Crippen LogP contribution in [0.15, 0.2) is 24.3 Å². The number of hydrogen-bond acceptors (Lipinski definition) is 4. The molecular formula is C14H24N2O3S. The molecule has 3 N–H and O–H groups in total. The average molecular weight is 300 g/mol. The highest BCUT2D eigenvalue weighted by atomic mass is 32.2. The van der Waals surface area contributed by atoms with Gasteiger partial charge in [0.25, 0.3) is 0 Å². The summed E-state index contributed by atoms with van der Waals surface area (Å²) in [6, 6.07) is 6.92. The molecule has 0 amide bonds. The Morgan fingerprint density at radius 2 is 2.00 bits per heavy atom. The van der Waals surface area contributed by atoms with E-state index in [2.05, 4.69) is 25.5 Å². The largest absolute Gasteiger partial charge is 0.492 e. The number of nitrogen functional groups attached to an aromatic ring is 1. The van der Waals surface area contributed by atoms with Crippen molar-refractivity contribution in [2.24, 2.45) is 5.41 Å². The number of rotatable bonds is 7. The van der Waals surface area contributed by atoms with Crippen LogP contribution in [0.4, 0.5) is 5.69 Å². The van der Waals surface area contributed by atoms with Gasteiger partial charge in [-0.3, -0.25) is 0 Å². The van der Waals surface area contributed by atoms with Crippen molar-refractivity contribution in [1.29, 1.82) is 0 Å². The van der Waals surface area contributed by atoms with Crippen LogP contribution in [-0.2, 0) is 10.0 Å². The number of anilines is 1. The minimum Gasteiger partial charge on any atom is -0.492 e. The molecule has 0 heterocycles. The van der Waals surface area contributed by atoms with E-state index in [0.29, 0.717) is 18.0 Å². The van der Waals surface area contributed by atoms with Gasteiger partial charge in [-0.1, -0.05) is 26.8 Å². The molecule has 0 radical (unpaired) electrons. The topological polar surface area (TPSA) is 81.4 Å². The lowest BCUT2D eigenvalue weighted by Gasteiger charge is -2.18. The van der Waals surface area contributed by atoms with Gasteiger partial charge in [-0.2, -0.15) is 0 Å². The van der Waals surface area contributed by atoms with Crippen LogP contribution in [0.3, 0.4) is 0 Å². The SMILES string of the molecule is CC(C)(C)CCNS(=O)(=O)CCOc1cccc(N)c1. The fraction of sp³-hybridized carbons (Fsp3) is 0.571. The van der Waals surface area contributed by atoms with Gasteiger partial charge in [-0.05, 0) is 24.0 Å². The fourth-order valence-electron chi connectivity index (χ4n) is 1.53. The number of ether oxygens (including phenoxy) is 1. The summed E-state index contributed by atoms with van der Waals surface area (Å²) in [5, 5.41) is 0.